The Labute approximate surface area is 156 Å². The lowest BCUT2D eigenvalue weighted by molar-refractivity contribution is -0.121. The fourth-order valence-electron chi connectivity index (χ4n) is 2.85. The van der Waals surface area contributed by atoms with E-state index in [-0.39, 0.29) is 24.8 Å². The van der Waals surface area contributed by atoms with E-state index in [4.69, 9.17) is 0 Å². The zero-order valence-electron chi connectivity index (χ0n) is 15.3. The minimum absolute atomic E-state index is 0.150. The van der Waals surface area contributed by atoms with Crippen molar-refractivity contribution in [3.8, 4) is 0 Å². The van der Waals surface area contributed by atoms with Gasteiger partial charge in [0.05, 0.1) is 17.8 Å². The van der Waals surface area contributed by atoms with E-state index in [1.165, 1.54) is 24.3 Å². The monoisotopic (exact) mass is 368 g/mol. The fourth-order valence-corrected chi connectivity index (χ4v) is 2.85. The molecule has 0 aliphatic carbocycles. The maximum atomic E-state index is 12.9. The van der Waals surface area contributed by atoms with E-state index in [1.54, 1.807) is 4.68 Å². The van der Waals surface area contributed by atoms with Crippen molar-refractivity contribution in [2.45, 2.75) is 19.9 Å². The summed E-state index contributed by atoms with van der Waals surface area (Å²) in [5, 5.41) is 11.0. The predicted molar refractivity (Wildman–Crippen MR) is 101 cm³/mol. The van der Waals surface area contributed by atoms with Crippen LogP contribution in [0.25, 0.3) is 10.9 Å². The number of hydrogen-bond acceptors (Lipinski definition) is 3. The van der Waals surface area contributed by atoms with Crippen LogP contribution < -0.4 is 10.6 Å². The molecule has 0 saturated heterocycles. The molecule has 0 unspecified atom stereocenters. The molecule has 6 nitrogen and oxygen atoms in total. The first-order valence-electron chi connectivity index (χ1n) is 8.67. The van der Waals surface area contributed by atoms with Crippen LogP contribution in [0.5, 0.6) is 0 Å². The molecule has 3 rings (SSSR count). The summed E-state index contributed by atoms with van der Waals surface area (Å²) in [6.45, 7) is 2.54. The summed E-state index contributed by atoms with van der Waals surface area (Å²) in [5.41, 5.74) is 3.30. The Morgan fingerprint density at radius 1 is 1.11 bits per heavy atom. The quantitative estimate of drug-likeness (QED) is 0.702. The highest BCUT2D eigenvalue weighted by Crippen LogP contribution is 2.19. The second-order valence-electron chi connectivity index (χ2n) is 6.38. The molecule has 140 valence electrons. The highest BCUT2D eigenvalue weighted by Gasteiger charge is 2.11. The van der Waals surface area contributed by atoms with Crippen LogP contribution in [0.2, 0.25) is 0 Å². The number of aryl methyl sites for hydroxylation is 2. The van der Waals surface area contributed by atoms with E-state index in [9.17, 15) is 14.0 Å². The van der Waals surface area contributed by atoms with Crippen LogP contribution in [0.4, 0.5) is 4.39 Å². The number of halogens is 1. The number of rotatable bonds is 6. The number of carbonyl (C=O) groups is 2. The van der Waals surface area contributed by atoms with Crippen LogP contribution in [0, 0.1) is 12.7 Å². The van der Waals surface area contributed by atoms with Gasteiger partial charge in [0.2, 0.25) is 5.91 Å². The SMILES string of the molecule is Cc1ccc2c(c1)c(CNC(=O)CCNC(=O)c1ccc(F)cc1)nn2C. The van der Waals surface area contributed by atoms with E-state index >= 15 is 0 Å². The molecule has 0 atom stereocenters. The minimum Gasteiger partial charge on any atom is -0.352 e. The maximum absolute atomic E-state index is 12.9. The van der Waals surface area contributed by atoms with Gasteiger partial charge in [0.1, 0.15) is 5.82 Å². The highest BCUT2D eigenvalue weighted by atomic mass is 19.1. The van der Waals surface area contributed by atoms with E-state index in [0.29, 0.717) is 12.1 Å². The Kier molecular flexibility index (Phi) is 5.49. The lowest BCUT2D eigenvalue weighted by Crippen LogP contribution is -2.30. The fraction of sp³-hybridized carbons (Fsp3) is 0.250. The van der Waals surface area contributed by atoms with Crippen molar-refractivity contribution in [1.82, 2.24) is 20.4 Å². The molecule has 2 aromatic carbocycles. The second-order valence-corrected chi connectivity index (χ2v) is 6.38. The van der Waals surface area contributed by atoms with Gasteiger partial charge in [-0.3, -0.25) is 14.3 Å². The topological polar surface area (TPSA) is 76.0 Å². The first-order valence-corrected chi connectivity index (χ1v) is 8.67. The standard InChI is InChI=1S/C20H21FN4O2/c1-13-3-8-18-16(11-13)17(24-25(18)2)12-23-19(26)9-10-22-20(27)14-4-6-15(21)7-5-14/h3-8,11H,9-10,12H2,1-2H3,(H,22,27)(H,23,26). The highest BCUT2D eigenvalue weighted by molar-refractivity contribution is 5.94. The van der Waals surface area contributed by atoms with E-state index < -0.39 is 5.82 Å². The molecule has 7 heteroatoms. The first kappa shape index (κ1) is 18.6. The third-order valence-corrected chi connectivity index (χ3v) is 4.28. The number of carbonyl (C=O) groups excluding carboxylic acids is 2. The van der Waals surface area contributed by atoms with Gasteiger partial charge in [-0.15, -0.1) is 0 Å². The zero-order chi connectivity index (χ0) is 19.4. The average Bonchev–Trinajstić information content (AvgIpc) is 2.95. The maximum Gasteiger partial charge on any atom is 0.251 e. The van der Waals surface area contributed by atoms with Crippen molar-refractivity contribution in [2.75, 3.05) is 6.54 Å². The van der Waals surface area contributed by atoms with Crippen molar-refractivity contribution >= 4 is 22.7 Å². The second kappa shape index (κ2) is 7.99. The van der Waals surface area contributed by atoms with E-state index in [1.807, 2.05) is 32.2 Å². The van der Waals surface area contributed by atoms with E-state index in [0.717, 1.165) is 22.2 Å². The van der Waals surface area contributed by atoms with Crippen LogP contribution in [0.3, 0.4) is 0 Å². The number of nitrogens with one attached hydrogen (secondary N) is 2. The Hall–Kier alpha value is -3.22. The molecular formula is C20H21FN4O2. The molecule has 27 heavy (non-hydrogen) atoms. The van der Waals surface area contributed by atoms with Crippen LogP contribution in [-0.2, 0) is 18.4 Å². The van der Waals surface area contributed by atoms with Crippen LogP contribution >= 0.6 is 0 Å². The molecule has 2 amide bonds. The van der Waals surface area contributed by atoms with Gasteiger partial charge < -0.3 is 10.6 Å². The summed E-state index contributed by atoms with van der Waals surface area (Å²) in [6, 6.07) is 11.3. The van der Waals surface area contributed by atoms with Crippen molar-refractivity contribution in [2.24, 2.45) is 7.05 Å². The number of hydrogen-bond donors (Lipinski definition) is 2. The summed E-state index contributed by atoms with van der Waals surface area (Å²) in [4.78, 5) is 24.0. The van der Waals surface area contributed by atoms with Gasteiger partial charge in [-0.25, -0.2) is 4.39 Å². The molecule has 3 aromatic rings. The van der Waals surface area contributed by atoms with Crippen LogP contribution in [0.15, 0.2) is 42.5 Å². The van der Waals surface area contributed by atoms with Gasteiger partial charge in [-0.1, -0.05) is 11.6 Å². The Morgan fingerprint density at radius 3 is 2.59 bits per heavy atom. The Morgan fingerprint density at radius 2 is 1.85 bits per heavy atom. The third kappa shape index (κ3) is 4.49. The number of nitrogens with zero attached hydrogens (tertiary/aromatic N) is 2. The largest absolute Gasteiger partial charge is 0.352 e. The number of fused-ring (bicyclic) bond motifs is 1. The third-order valence-electron chi connectivity index (χ3n) is 4.28. The molecule has 2 N–H and O–H groups in total. The van der Waals surface area contributed by atoms with Crippen LogP contribution in [-0.4, -0.2) is 28.1 Å². The van der Waals surface area contributed by atoms with Crippen molar-refractivity contribution in [3.05, 3.63) is 65.1 Å². The first-order chi connectivity index (χ1) is 12.9. The van der Waals surface area contributed by atoms with Crippen molar-refractivity contribution < 1.29 is 14.0 Å². The molecule has 0 bridgehead atoms. The molecule has 1 heterocycles. The molecule has 0 aliphatic heterocycles. The molecule has 0 aliphatic rings. The summed E-state index contributed by atoms with van der Waals surface area (Å²) in [6.07, 6.45) is 0.150. The van der Waals surface area contributed by atoms with Gasteiger partial charge in [0, 0.05) is 31.0 Å². The molecule has 0 spiro atoms. The van der Waals surface area contributed by atoms with Gasteiger partial charge in [0.25, 0.3) is 5.91 Å². The normalized spacial score (nSPS) is 10.8. The average molecular weight is 368 g/mol. The van der Waals surface area contributed by atoms with Gasteiger partial charge in [-0.2, -0.15) is 5.10 Å². The van der Waals surface area contributed by atoms with Gasteiger partial charge in [0.15, 0.2) is 0 Å². The smallest absolute Gasteiger partial charge is 0.251 e. The lowest BCUT2D eigenvalue weighted by Gasteiger charge is -2.06. The van der Waals surface area contributed by atoms with E-state index in [2.05, 4.69) is 15.7 Å². The summed E-state index contributed by atoms with van der Waals surface area (Å²) in [7, 11) is 1.87. The molecule has 0 fully saturated rings. The molecular weight excluding hydrogens is 347 g/mol. The lowest BCUT2D eigenvalue weighted by atomic mass is 10.1. The van der Waals surface area contributed by atoms with Crippen molar-refractivity contribution in [1.29, 1.82) is 0 Å². The molecule has 0 saturated carbocycles. The minimum atomic E-state index is -0.400. The number of amides is 2. The molecule has 0 radical (unpaired) electrons. The van der Waals surface area contributed by atoms with Gasteiger partial charge >= 0.3 is 0 Å². The Bertz CT molecular complexity index is 980. The summed E-state index contributed by atoms with van der Waals surface area (Å²) in [5.74, 6) is -0.918. The zero-order valence-corrected chi connectivity index (χ0v) is 15.3. The summed E-state index contributed by atoms with van der Waals surface area (Å²) >= 11 is 0. The summed E-state index contributed by atoms with van der Waals surface area (Å²) < 4.78 is 14.7. The van der Waals surface area contributed by atoms with Gasteiger partial charge in [-0.05, 0) is 43.3 Å². The van der Waals surface area contributed by atoms with Crippen LogP contribution in [0.1, 0.15) is 28.0 Å². The number of benzene rings is 2. The van der Waals surface area contributed by atoms with Crippen molar-refractivity contribution in [3.63, 3.8) is 0 Å². The Balaban J connectivity index is 1.49. The predicted octanol–water partition coefficient (Wildman–Crippen LogP) is 2.46. The molecule has 1 aromatic heterocycles. The number of aromatic nitrogens is 2.